The summed E-state index contributed by atoms with van der Waals surface area (Å²) < 4.78 is -1.71. The number of benzene rings is 1. The van der Waals surface area contributed by atoms with Crippen LogP contribution in [0.3, 0.4) is 0 Å². The Labute approximate surface area is 117 Å². The minimum atomic E-state index is -1.71. The van der Waals surface area contributed by atoms with Gasteiger partial charge in [0.1, 0.15) is 0 Å². The van der Waals surface area contributed by atoms with Gasteiger partial charge in [0.15, 0.2) is 0 Å². The van der Waals surface area contributed by atoms with Gasteiger partial charge >= 0.3 is 6.09 Å². The van der Waals surface area contributed by atoms with Crippen molar-refractivity contribution in [2.24, 2.45) is 5.16 Å². The fourth-order valence-corrected chi connectivity index (χ4v) is 1.05. The van der Waals surface area contributed by atoms with Crippen molar-refractivity contribution in [3.8, 4) is 0 Å². The standard InChI is InChI=1S/C9H6Cl4N2O2/c10-6-1-3-7(4-2-6)15-8(16)17-14-5-9(11,12)13/h1-5H,(H,15,16)/b14-5+. The first-order valence-corrected chi connectivity index (χ1v) is 5.73. The number of oxime groups is 1. The summed E-state index contributed by atoms with van der Waals surface area (Å²) in [6, 6.07) is 6.42. The molecule has 0 saturated carbocycles. The molecule has 8 heteroatoms. The predicted molar refractivity (Wildman–Crippen MR) is 70.3 cm³/mol. The number of rotatable bonds is 2. The van der Waals surface area contributed by atoms with E-state index in [9.17, 15) is 4.79 Å². The molecular formula is C9H6Cl4N2O2. The van der Waals surface area contributed by atoms with Crippen LogP contribution in [0.2, 0.25) is 5.02 Å². The van der Waals surface area contributed by atoms with Gasteiger partial charge in [-0.25, -0.2) is 4.79 Å². The van der Waals surface area contributed by atoms with E-state index in [4.69, 9.17) is 46.4 Å². The van der Waals surface area contributed by atoms with Crippen LogP contribution < -0.4 is 5.32 Å². The highest BCUT2D eigenvalue weighted by molar-refractivity contribution is 6.74. The average Bonchev–Trinajstić information content (AvgIpc) is 2.19. The van der Waals surface area contributed by atoms with Crippen LogP contribution in [0.4, 0.5) is 10.5 Å². The molecule has 0 spiro atoms. The molecule has 17 heavy (non-hydrogen) atoms. The number of hydrogen-bond donors (Lipinski definition) is 1. The first-order valence-electron chi connectivity index (χ1n) is 4.21. The molecule has 1 rings (SSSR count). The third-order valence-electron chi connectivity index (χ3n) is 1.43. The third-order valence-corrected chi connectivity index (χ3v) is 1.97. The summed E-state index contributed by atoms with van der Waals surface area (Å²) in [4.78, 5) is 15.6. The molecule has 0 aliphatic carbocycles. The second kappa shape index (κ2) is 6.31. The fourth-order valence-electron chi connectivity index (χ4n) is 0.808. The van der Waals surface area contributed by atoms with Gasteiger partial charge in [-0.15, -0.1) is 0 Å². The van der Waals surface area contributed by atoms with Gasteiger partial charge in [-0.05, 0) is 24.3 Å². The highest BCUT2D eigenvalue weighted by Gasteiger charge is 2.16. The second-order valence-electron chi connectivity index (χ2n) is 2.79. The lowest BCUT2D eigenvalue weighted by Gasteiger charge is -2.03. The Hall–Kier alpha value is -0.680. The van der Waals surface area contributed by atoms with Gasteiger partial charge in [0.2, 0.25) is 3.79 Å². The van der Waals surface area contributed by atoms with E-state index in [1.165, 1.54) is 0 Å². The van der Waals surface area contributed by atoms with Crippen molar-refractivity contribution < 1.29 is 9.63 Å². The molecule has 4 nitrogen and oxygen atoms in total. The molecule has 1 N–H and O–H groups in total. The van der Waals surface area contributed by atoms with Crippen molar-refractivity contribution in [2.45, 2.75) is 3.79 Å². The number of halogens is 4. The molecule has 0 saturated heterocycles. The lowest BCUT2D eigenvalue weighted by atomic mass is 10.3. The minimum Gasteiger partial charge on any atom is -0.298 e. The fraction of sp³-hybridized carbons (Fsp3) is 0.111. The minimum absolute atomic E-state index is 0.503. The van der Waals surface area contributed by atoms with E-state index in [2.05, 4.69) is 15.3 Å². The first-order chi connectivity index (χ1) is 7.87. The van der Waals surface area contributed by atoms with Gasteiger partial charge in [0.25, 0.3) is 0 Å². The zero-order valence-corrected chi connectivity index (χ0v) is 11.2. The van der Waals surface area contributed by atoms with Gasteiger partial charge in [0, 0.05) is 10.7 Å². The molecule has 0 fully saturated rings. The molecule has 0 aromatic heterocycles. The van der Waals surface area contributed by atoms with Crippen LogP contribution in [0.1, 0.15) is 0 Å². The van der Waals surface area contributed by atoms with Crippen LogP contribution in [0, 0.1) is 0 Å². The summed E-state index contributed by atoms with van der Waals surface area (Å²) in [7, 11) is 0. The molecule has 0 atom stereocenters. The van der Waals surface area contributed by atoms with E-state index in [0.717, 1.165) is 6.21 Å². The molecule has 1 aromatic carbocycles. The van der Waals surface area contributed by atoms with Crippen molar-refractivity contribution in [3.05, 3.63) is 29.3 Å². The molecule has 0 unspecified atom stereocenters. The van der Waals surface area contributed by atoms with Gasteiger partial charge in [-0.3, -0.25) is 10.2 Å². The first kappa shape index (κ1) is 14.4. The molecule has 0 heterocycles. The normalized spacial score (nSPS) is 11.5. The number of anilines is 1. The van der Waals surface area contributed by atoms with Gasteiger partial charge in [-0.1, -0.05) is 51.6 Å². The molecule has 1 aromatic rings. The lowest BCUT2D eigenvalue weighted by molar-refractivity contribution is 0.167. The number of nitrogens with one attached hydrogen (secondary N) is 1. The highest BCUT2D eigenvalue weighted by atomic mass is 35.6. The number of carbonyl (C=O) groups is 1. The van der Waals surface area contributed by atoms with Gasteiger partial charge < -0.3 is 0 Å². The van der Waals surface area contributed by atoms with E-state index in [-0.39, 0.29) is 0 Å². The topological polar surface area (TPSA) is 50.7 Å². The quantitative estimate of drug-likeness (QED) is 0.384. The van der Waals surface area contributed by atoms with Crippen LogP contribution in [-0.2, 0) is 4.84 Å². The van der Waals surface area contributed by atoms with Crippen LogP contribution in [0.25, 0.3) is 0 Å². The van der Waals surface area contributed by atoms with Crippen LogP contribution in [0.5, 0.6) is 0 Å². The van der Waals surface area contributed by atoms with Crippen molar-refractivity contribution >= 4 is 64.4 Å². The summed E-state index contributed by atoms with van der Waals surface area (Å²) in [5.41, 5.74) is 0.503. The zero-order valence-electron chi connectivity index (χ0n) is 8.16. The molecule has 0 aliphatic heterocycles. The Morgan fingerprint density at radius 3 is 2.41 bits per heavy atom. The molecule has 0 bridgehead atoms. The summed E-state index contributed by atoms with van der Waals surface area (Å²) in [6.07, 6.45) is 0.0527. The summed E-state index contributed by atoms with van der Waals surface area (Å²) in [6.45, 7) is 0. The van der Waals surface area contributed by atoms with Crippen LogP contribution >= 0.6 is 46.4 Å². The van der Waals surface area contributed by atoms with Gasteiger partial charge in [0.05, 0.1) is 6.21 Å². The van der Waals surface area contributed by atoms with Crippen molar-refractivity contribution in [3.63, 3.8) is 0 Å². The van der Waals surface area contributed by atoms with E-state index < -0.39 is 9.89 Å². The Balaban J connectivity index is 2.45. The summed E-state index contributed by atoms with van der Waals surface area (Å²) >= 11 is 21.7. The Bertz CT molecular complexity index is 414. The van der Waals surface area contributed by atoms with E-state index in [1.807, 2.05) is 0 Å². The predicted octanol–water partition coefficient (Wildman–Crippen LogP) is 4.24. The maximum Gasteiger partial charge on any atom is 0.437 e. The summed E-state index contributed by atoms with van der Waals surface area (Å²) in [5, 5.41) is 6.14. The smallest absolute Gasteiger partial charge is 0.298 e. The number of amides is 1. The van der Waals surface area contributed by atoms with E-state index in [1.54, 1.807) is 24.3 Å². The molecule has 1 amide bonds. The molecular weight excluding hydrogens is 310 g/mol. The van der Waals surface area contributed by atoms with Crippen molar-refractivity contribution in [1.82, 2.24) is 0 Å². The molecule has 92 valence electrons. The maximum absolute atomic E-state index is 11.2. The number of nitrogens with zero attached hydrogens (tertiary/aromatic N) is 1. The number of carbonyl (C=O) groups excluding carboxylic acids is 1. The Kier molecular flexibility index (Phi) is 5.33. The SMILES string of the molecule is O=C(Nc1ccc(Cl)cc1)O/N=C/C(Cl)(Cl)Cl. The van der Waals surface area contributed by atoms with Crippen LogP contribution in [-0.4, -0.2) is 16.1 Å². The summed E-state index contributed by atoms with van der Waals surface area (Å²) in [5.74, 6) is 0. The number of hydrogen-bond acceptors (Lipinski definition) is 3. The van der Waals surface area contributed by atoms with Crippen molar-refractivity contribution in [2.75, 3.05) is 5.32 Å². The monoisotopic (exact) mass is 314 g/mol. The second-order valence-corrected chi connectivity index (χ2v) is 5.59. The molecule has 0 radical (unpaired) electrons. The average molecular weight is 316 g/mol. The Morgan fingerprint density at radius 2 is 1.88 bits per heavy atom. The molecule has 0 aliphatic rings. The largest absolute Gasteiger partial charge is 0.437 e. The zero-order chi connectivity index (χ0) is 12.9. The van der Waals surface area contributed by atoms with Crippen LogP contribution in [0.15, 0.2) is 29.4 Å². The van der Waals surface area contributed by atoms with E-state index in [0.29, 0.717) is 10.7 Å². The number of alkyl halides is 3. The Morgan fingerprint density at radius 1 is 1.29 bits per heavy atom. The van der Waals surface area contributed by atoms with Gasteiger partial charge in [-0.2, -0.15) is 0 Å². The van der Waals surface area contributed by atoms with E-state index >= 15 is 0 Å². The maximum atomic E-state index is 11.2. The lowest BCUT2D eigenvalue weighted by Crippen LogP contribution is -2.12. The highest BCUT2D eigenvalue weighted by Crippen LogP contribution is 2.22. The van der Waals surface area contributed by atoms with Crippen molar-refractivity contribution in [1.29, 1.82) is 0 Å². The third kappa shape index (κ3) is 6.58.